The normalized spacial score (nSPS) is 36.4. The molecular formula is C22H40O4Si. The number of carbonyl (C=O) groups is 2. The smallest absolute Gasteiger partial charge is 0.317 e. The molecule has 5 heteroatoms. The van der Waals surface area contributed by atoms with Crippen LogP contribution in [0.4, 0.5) is 0 Å². The second-order valence-corrected chi connectivity index (χ2v) is 16.0. The molecule has 0 radical (unpaired) electrons. The van der Waals surface area contributed by atoms with Crippen molar-refractivity contribution >= 4 is 20.1 Å². The van der Waals surface area contributed by atoms with Gasteiger partial charge in [-0.1, -0.05) is 48.5 Å². The summed E-state index contributed by atoms with van der Waals surface area (Å²) in [5.74, 6) is -1.02. The molecule has 0 amide bonds. The lowest BCUT2D eigenvalue weighted by Gasteiger charge is -2.61. The van der Waals surface area contributed by atoms with E-state index in [0.29, 0.717) is 13.0 Å². The summed E-state index contributed by atoms with van der Waals surface area (Å²) in [6.07, 6.45) is 2.28. The maximum Gasteiger partial charge on any atom is 0.317 e. The number of Topliss-reactive ketones (excluding diaryl/α,β-unsaturated/α-hetero) is 1. The summed E-state index contributed by atoms with van der Waals surface area (Å²) in [6.45, 7) is 22.1. The molecule has 0 bridgehead atoms. The number of rotatable bonds is 4. The third kappa shape index (κ3) is 3.23. The van der Waals surface area contributed by atoms with Crippen molar-refractivity contribution in [2.45, 2.75) is 98.9 Å². The van der Waals surface area contributed by atoms with E-state index in [4.69, 9.17) is 9.16 Å². The van der Waals surface area contributed by atoms with E-state index in [2.05, 4.69) is 61.6 Å². The third-order valence-electron chi connectivity index (χ3n) is 8.54. The van der Waals surface area contributed by atoms with Gasteiger partial charge < -0.3 is 9.16 Å². The first-order chi connectivity index (χ1) is 12.0. The Hall–Kier alpha value is -0.683. The Kier molecular flexibility index (Phi) is 5.60. The predicted octanol–water partition coefficient (Wildman–Crippen LogP) is 5.36. The van der Waals surface area contributed by atoms with E-state index in [1.807, 2.05) is 0 Å². The summed E-state index contributed by atoms with van der Waals surface area (Å²) < 4.78 is 12.2. The first kappa shape index (κ1) is 22.6. The van der Waals surface area contributed by atoms with Gasteiger partial charge in [-0.2, -0.15) is 0 Å². The quantitative estimate of drug-likeness (QED) is 0.364. The molecule has 0 aromatic heterocycles. The van der Waals surface area contributed by atoms with Crippen LogP contribution in [0.1, 0.15) is 74.7 Å². The average Bonchev–Trinajstić information content (AvgIpc) is 2.70. The number of esters is 1. The highest BCUT2D eigenvalue weighted by atomic mass is 28.4. The van der Waals surface area contributed by atoms with Gasteiger partial charge in [0.1, 0.15) is 11.7 Å². The van der Waals surface area contributed by atoms with E-state index in [1.54, 1.807) is 6.92 Å². The zero-order valence-electron chi connectivity index (χ0n) is 19.1. The largest absolute Gasteiger partial charge is 0.465 e. The first-order valence-corrected chi connectivity index (χ1v) is 13.3. The number of fused-ring (bicyclic) bond motifs is 1. The molecule has 4 atom stereocenters. The van der Waals surface area contributed by atoms with Crippen molar-refractivity contribution < 1.29 is 18.8 Å². The van der Waals surface area contributed by atoms with Crippen molar-refractivity contribution in [1.82, 2.24) is 0 Å². The summed E-state index contributed by atoms with van der Waals surface area (Å²) in [7, 11) is -1.99. The van der Waals surface area contributed by atoms with Crippen LogP contribution in [0, 0.1) is 22.2 Å². The molecule has 2 aliphatic carbocycles. The van der Waals surface area contributed by atoms with Gasteiger partial charge in [0.05, 0.1) is 12.7 Å². The maximum atomic E-state index is 13.1. The lowest BCUT2D eigenvalue weighted by Crippen LogP contribution is -2.61. The molecule has 2 fully saturated rings. The van der Waals surface area contributed by atoms with Gasteiger partial charge in [0.2, 0.25) is 0 Å². The van der Waals surface area contributed by atoms with Crippen LogP contribution in [0.25, 0.3) is 0 Å². The highest BCUT2D eigenvalue weighted by Gasteiger charge is 2.71. The van der Waals surface area contributed by atoms with Gasteiger partial charge in [-0.15, -0.1) is 0 Å². The summed E-state index contributed by atoms with van der Waals surface area (Å²) in [6, 6.07) is 0. The molecule has 0 aromatic rings. The second-order valence-electron chi connectivity index (χ2n) is 11.2. The van der Waals surface area contributed by atoms with Crippen LogP contribution in [0.3, 0.4) is 0 Å². The Labute approximate surface area is 166 Å². The molecule has 4 nitrogen and oxygen atoms in total. The van der Waals surface area contributed by atoms with Crippen LogP contribution in [0.5, 0.6) is 0 Å². The molecule has 0 unspecified atom stereocenters. The minimum Gasteiger partial charge on any atom is -0.465 e. The summed E-state index contributed by atoms with van der Waals surface area (Å²) in [4.78, 5) is 25.9. The Morgan fingerprint density at radius 3 is 2.22 bits per heavy atom. The van der Waals surface area contributed by atoms with Crippen LogP contribution in [0.15, 0.2) is 0 Å². The van der Waals surface area contributed by atoms with Crippen LogP contribution in [-0.4, -0.2) is 32.8 Å². The van der Waals surface area contributed by atoms with Gasteiger partial charge in [0, 0.05) is 17.3 Å². The predicted molar refractivity (Wildman–Crippen MR) is 111 cm³/mol. The second kappa shape index (κ2) is 6.69. The van der Waals surface area contributed by atoms with Crippen molar-refractivity contribution in [1.29, 1.82) is 0 Å². The molecule has 156 valence electrons. The van der Waals surface area contributed by atoms with E-state index in [9.17, 15) is 9.59 Å². The van der Waals surface area contributed by atoms with E-state index in [0.717, 1.165) is 12.8 Å². The van der Waals surface area contributed by atoms with E-state index in [-0.39, 0.29) is 33.7 Å². The SMILES string of the molecule is CCOC(=O)[C@@H]1C(=O)C[C@@]2(C)[C@H](O[Si](C)(C)C(C)(C)C)CCC(C)(C)[C@@]12C. The lowest BCUT2D eigenvalue weighted by molar-refractivity contribution is -0.179. The summed E-state index contributed by atoms with van der Waals surface area (Å²) in [5, 5.41) is 0.107. The van der Waals surface area contributed by atoms with Crippen molar-refractivity contribution in [3.63, 3.8) is 0 Å². The molecule has 0 saturated heterocycles. The van der Waals surface area contributed by atoms with E-state index >= 15 is 0 Å². The number of hydrogen-bond acceptors (Lipinski definition) is 4. The average molecular weight is 397 g/mol. The Balaban J connectivity index is 2.52. The first-order valence-electron chi connectivity index (χ1n) is 10.4. The minimum atomic E-state index is -1.99. The van der Waals surface area contributed by atoms with E-state index in [1.165, 1.54) is 0 Å². The number of carbonyl (C=O) groups excluding carboxylic acids is 2. The highest BCUT2D eigenvalue weighted by molar-refractivity contribution is 6.74. The molecule has 2 aliphatic rings. The molecule has 0 heterocycles. The topological polar surface area (TPSA) is 52.6 Å². The molecule has 2 rings (SSSR count). The maximum absolute atomic E-state index is 13.1. The van der Waals surface area contributed by atoms with Gasteiger partial charge in [-0.3, -0.25) is 9.59 Å². The van der Waals surface area contributed by atoms with Crippen LogP contribution >= 0.6 is 0 Å². The van der Waals surface area contributed by atoms with Gasteiger partial charge in [-0.25, -0.2) is 0 Å². The number of ketones is 1. The van der Waals surface area contributed by atoms with Crippen LogP contribution < -0.4 is 0 Å². The van der Waals surface area contributed by atoms with Gasteiger partial charge >= 0.3 is 5.97 Å². The third-order valence-corrected chi connectivity index (χ3v) is 13.0. The molecule has 0 aromatic carbocycles. The number of ether oxygens (including phenoxy) is 1. The van der Waals surface area contributed by atoms with Gasteiger partial charge in [0.25, 0.3) is 0 Å². The van der Waals surface area contributed by atoms with Crippen molar-refractivity contribution in [3.8, 4) is 0 Å². The minimum absolute atomic E-state index is 0.000191. The number of hydrogen-bond donors (Lipinski definition) is 0. The van der Waals surface area contributed by atoms with E-state index < -0.39 is 19.7 Å². The zero-order valence-corrected chi connectivity index (χ0v) is 20.1. The van der Waals surface area contributed by atoms with Gasteiger partial charge in [-0.05, 0) is 43.3 Å². The standard InChI is InChI=1S/C22H40O4Si/c1-11-25-18(24)17-15(23)14-21(7)16(26-27(9,10)19(2,3)4)12-13-20(5,6)22(17,21)8/h16-17H,11-14H2,1-10H3/t16-,17+,21+,22-/m1/s1. The lowest BCUT2D eigenvalue weighted by atomic mass is 9.45. The van der Waals surface area contributed by atoms with Crippen molar-refractivity contribution in [2.75, 3.05) is 6.61 Å². The monoisotopic (exact) mass is 396 g/mol. The Morgan fingerprint density at radius 1 is 1.19 bits per heavy atom. The molecule has 27 heavy (non-hydrogen) atoms. The van der Waals surface area contributed by atoms with Crippen LogP contribution in [-0.2, 0) is 18.8 Å². The fourth-order valence-corrected chi connectivity index (χ4v) is 6.74. The molecule has 0 N–H and O–H groups in total. The fourth-order valence-electron chi connectivity index (χ4n) is 5.30. The van der Waals surface area contributed by atoms with Crippen LogP contribution in [0.2, 0.25) is 18.1 Å². The van der Waals surface area contributed by atoms with Crippen molar-refractivity contribution in [3.05, 3.63) is 0 Å². The summed E-state index contributed by atoms with van der Waals surface area (Å²) in [5.41, 5.74) is -0.980. The molecule has 0 aliphatic heterocycles. The Morgan fingerprint density at radius 2 is 1.74 bits per heavy atom. The van der Waals surface area contributed by atoms with Crippen molar-refractivity contribution in [2.24, 2.45) is 22.2 Å². The fraction of sp³-hybridized carbons (Fsp3) is 0.909. The summed E-state index contributed by atoms with van der Waals surface area (Å²) >= 11 is 0. The zero-order chi connectivity index (χ0) is 21.1. The molecular weight excluding hydrogens is 356 g/mol. The highest BCUT2D eigenvalue weighted by Crippen LogP contribution is 2.69. The van der Waals surface area contributed by atoms with Gasteiger partial charge in [0.15, 0.2) is 8.32 Å². The molecule has 2 saturated carbocycles. The molecule has 0 spiro atoms. The Bertz CT molecular complexity index is 618.